The molecule has 2 N–H and O–H groups in total. The number of rotatable bonds is 9. The van der Waals surface area contributed by atoms with Crippen molar-refractivity contribution in [3.8, 4) is 0 Å². The number of thioether (sulfide) groups is 1. The molecule has 0 saturated heterocycles. The van der Waals surface area contributed by atoms with E-state index in [-0.39, 0.29) is 12.5 Å². The molecule has 124 valence electrons. The molecule has 0 saturated carbocycles. The van der Waals surface area contributed by atoms with Gasteiger partial charge in [-0.15, -0.1) is 11.8 Å². The van der Waals surface area contributed by atoms with Crippen molar-refractivity contribution in [2.24, 2.45) is 0 Å². The number of carbonyl (C=O) groups is 2. The zero-order valence-electron chi connectivity index (χ0n) is 12.9. The van der Waals surface area contributed by atoms with Gasteiger partial charge in [-0.1, -0.05) is 0 Å². The molecule has 0 radical (unpaired) electrons. The number of aromatic nitrogens is 4. The minimum Gasteiger partial charge on any atom is -0.465 e. The molecule has 9 heteroatoms. The van der Waals surface area contributed by atoms with Crippen LogP contribution in [0.1, 0.15) is 26.2 Å². The quantitative estimate of drug-likeness (QED) is 0.307. The zero-order valence-corrected chi connectivity index (χ0v) is 13.7. The summed E-state index contributed by atoms with van der Waals surface area (Å²) in [4.78, 5) is 38.1. The van der Waals surface area contributed by atoms with E-state index in [1.807, 2.05) is 0 Å². The fourth-order valence-corrected chi connectivity index (χ4v) is 2.84. The lowest BCUT2D eigenvalue weighted by molar-refractivity contribution is -0.143. The summed E-state index contributed by atoms with van der Waals surface area (Å²) in [5, 5.41) is 3.40. The van der Waals surface area contributed by atoms with Crippen molar-refractivity contribution in [3.63, 3.8) is 0 Å². The van der Waals surface area contributed by atoms with Crippen molar-refractivity contribution < 1.29 is 14.3 Å². The standard InChI is InChI=1S/C14H19N5O3S/c1-2-22-11(21)7-15-10(20)5-3-4-6-23-14-12-13(17-8-16-12)18-9-19-14/h8-9H,2-7H2,1H3,(H,15,20)(H,16,17,18,19). The summed E-state index contributed by atoms with van der Waals surface area (Å²) < 4.78 is 4.74. The molecule has 0 bridgehead atoms. The Hall–Kier alpha value is -2.16. The predicted octanol–water partition coefficient (Wildman–Crippen LogP) is 1.29. The Balaban J connectivity index is 1.61. The van der Waals surface area contributed by atoms with Gasteiger partial charge in [-0.3, -0.25) is 9.59 Å². The van der Waals surface area contributed by atoms with E-state index >= 15 is 0 Å². The van der Waals surface area contributed by atoms with Crippen molar-refractivity contribution in [3.05, 3.63) is 12.7 Å². The summed E-state index contributed by atoms with van der Waals surface area (Å²) in [5.41, 5.74) is 1.49. The average molecular weight is 337 g/mol. The van der Waals surface area contributed by atoms with E-state index in [9.17, 15) is 9.59 Å². The van der Waals surface area contributed by atoms with Gasteiger partial charge >= 0.3 is 5.97 Å². The molecule has 1 amide bonds. The highest BCUT2D eigenvalue weighted by Crippen LogP contribution is 2.22. The Morgan fingerprint density at radius 3 is 3.00 bits per heavy atom. The first-order chi connectivity index (χ1) is 11.2. The van der Waals surface area contributed by atoms with Crippen LogP contribution in [0.25, 0.3) is 11.2 Å². The molecule has 0 spiro atoms. The van der Waals surface area contributed by atoms with E-state index in [1.54, 1.807) is 25.0 Å². The molecule has 0 unspecified atom stereocenters. The van der Waals surface area contributed by atoms with Gasteiger partial charge in [0.05, 0.1) is 12.9 Å². The topological polar surface area (TPSA) is 110 Å². The lowest BCUT2D eigenvalue weighted by Crippen LogP contribution is -2.30. The number of amides is 1. The number of hydrogen-bond donors (Lipinski definition) is 2. The van der Waals surface area contributed by atoms with E-state index in [1.165, 1.54) is 6.33 Å². The van der Waals surface area contributed by atoms with Crippen LogP contribution in [0.2, 0.25) is 0 Å². The SMILES string of the molecule is CCOC(=O)CNC(=O)CCCCSc1ncnc2nc[nH]c12. The maximum Gasteiger partial charge on any atom is 0.325 e. The number of unbranched alkanes of at least 4 members (excludes halogenated alkanes) is 1. The summed E-state index contributed by atoms with van der Waals surface area (Å²) in [5.74, 6) is 0.292. The summed E-state index contributed by atoms with van der Waals surface area (Å²) in [6, 6.07) is 0. The van der Waals surface area contributed by atoms with E-state index in [4.69, 9.17) is 4.74 Å². The number of aromatic amines is 1. The van der Waals surface area contributed by atoms with Gasteiger partial charge in [-0.25, -0.2) is 15.0 Å². The number of hydrogen-bond acceptors (Lipinski definition) is 7. The molecule has 2 heterocycles. The third-order valence-electron chi connectivity index (χ3n) is 2.96. The number of H-pyrrole nitrogens is 1. The number of carbonyl (C=O) groups excluding carboxylic acids is 2. The summed E-state index contributed by atoms with van der Waals surface area (Å²) in [6.45, 7) is 1.98. The Morgan fingerprint density at radius 2 is 2.17 bits per heavy atom. The Bertz CT molecular complexity index is 661. The van der Waals surface area contributed by atoms with Gasteiger partial charge in [-0.2, -0.15) is 0 Å². The molecule has 23 heavy (non-hydrogen) atoms. The first-order valence-corrected chi connectivity index (χ1v) is 8.38. The van der Waals surface area contributed by atoms with Gasteiger partial charge in [-0.05, 0) is 25.5 Å². The summed E-state index contributed by atoms with van der Waals surface area (Å²) >= 11 is 1.60. The molecular weight excluding hydrogens is 318 g/mol. The largest absolute Gasteiger partial charge is 0.465 e. The highest BCUT2D eigenvalue weighted by Gasteiger charge is 2.07. The normalized spacial score (nSPS) is 10.7. The first-order valence-electron chi connectivity index (χ1n) is 7.40. The van der Waals surface area contributed by atoms with Gasteiger partial charge in [0, 0.05) is 6.42 Å². The van der Waals surface area contributed by atoms with E-state index in [0.29, 0.717) is 18.7 Å². The number of imidazole rings is 1. The molecule has 0 aromatic carbocycles. The Morgan fingerprint density at radius 1 is 1.30 bits per heavy atom. The van der Waals surface area contributed by atoms with Crippen molar-refractivity contribution in [2.75, 3.05) is 18.9 Å². The van der Waals surface area contributed by atoms with E-state index in [0.717, 1.165) is 29.1 Å². The minimum atomic E-state index is -0.413. The third-order valence-corrected chi connectivity index (χ3v) is 4.04. The lowest BCUT2D eigenvalue weighted by Gasteiger charge is -2.05. The van der Waals surface area contributed by atoms with Crippen LogP contribution in [0.15, 0.2) is 17.7 Å². The second-order valence-corrected chi connectivity index (χ2v) is 5.75. The second-order valence-electron chi connectivity index (χ2n) is 4.67. The van der Waals surface area contributed by atoms with Crippen molar-refractivity contribution in [2.45, 2.75) is 31.2 Å². The number of esters is 1. The maximum absolute atomic E-state index is 11.6. The third kappa shape index (κ3) is 5.51. The van der Waals surface area contributed by atoms with Crippen LogP contribution in [0.4, 0.5) is 0 Å². The molecule has 0 aliphatic rings. The van der Waals surface area contributed by atoms with Crippen LogP contribution in [0, 0.1) is 0 Å². The molecule has 2 aromatic heterocycles. The number of fused-ring (bicyclic) bond motifs is 1. The van der Waals surface area contributed by atoms with Crippen LogP contribution >= 0.6 is 11.8 Å². The molecule has 0 aliphatic carbocycles. The molecule has 0 aliphatic heterocycles. The van der Waals surface area contributed by atoms with Crippen molar-refractivity contribution >= 4 is 34.8 Å². The molecule has 2 aromatic rings. The molecule has 0 fully saturated rings. The van der Waals surface area contributed by atoms with Gasteiger partial charge in [0.25, 0.3) is 0 Å². The van der Waals surface area contributed by atoms with Crippen LogP contribution in [0.5, 0.6) is 0 Å². The average Bonchev–Trinajstić information content (AvgIpc) is 3.02. The fourth-order valence-electron chi connectivity index (χ4n) is 1.88. The van der Waals surface area contributed by atoms with Crippen LogP contribution < -0.4 is 5.32 Å². The molecule has 0 atom stereocenters. The molecule has 8 nitrogen and oxygen atoms in total. The first kappa shape index (κ1) is 17.2. The van der Waals surface area contributed by atoms with Gasteiger partial charge in [0.2, 0.25) is 5.91 Å². The van der Waals surface area contributed by atoms with Gasteiger partial charge in [0.15, 0.2) is 5.65 Å². The Labute approximate surface area is 137 Å². The van der Waals surface area contributed by atoms with Gasteiger partial charge < -0.3 is 15.0 Å². The second kappa shape index (κ2) is 9.09. The van der Waals surface area contributed by atoms with Crippen LogP contribution in [-0.4, -0.2) is 50.7 Å². The van der Waals surface area contributed by atoms with Crippen molar-refractivity contribution in [1.29, 1.82) is 0 Å². The van der Waals surface area contributed by atoms with Gasteiger partial charge in [0.1, 0.15) is 23.4 Å². The predicted molar refractivity (Wildman–Crippen MR) is 85.9 cm³/mol. The highest BCUT2D eigenvalue weighted by molar-refractivity contribution is 7.99. The monoisotopic (exact) mass is 337 g/mol. The van der Waals surface area contributed by atoms with E-state index in [2.05, 4.69) is 25.3 Å². The fraction of sp³-hybridized carbons (Fsp3) is 0.500. The zero-order chi connectivity index (χ0) is 16.5. The van der Waals surface area contributed by atoms with Crippen molar-refractivity contribution in [1.82, 2.24) is 25.3 Å². The number of ether oxygens (including phenoxy) is 1. The van der Waals surface area contributed by atoms with Crippen LogP contribution in [-0.2, 0) is 14.3 Å². The molecular formula is C14H19N5O3S. The lowest BCUT2D eigenvalue weighted by atomic mass is 10.2. The smallest absolute Gasteiger partial charge is 0.325 e. The summed E-state index contributed by atoms with van der Waals surface area (Å²) in [6.07, 6.45) is 5.10. The minimum absolute atomic E-state index is 0.0693. The summed E-state index contributed by atoms with van der Waals surface area (Å²) in [7, 11) is 0. The Kier molecular flexibility index (Phi) is 6.79. The molecule has 2 rings (SSSR count). The maximum atomic E-state index is 11.6. The number of nitrogens with zero attached hydrogens (tertiary/aromatic N) is 3. The number of nitrogens with one attached hydrogen (secondary N) is 2. The highest BCUT2D eigenvalue weighted by atomic mass is 32.2. The van der Waals surface area contributed by atoms with Crippen LogP contribution in [0.3, 0.4) is 0 Å². The van der Waals surface area contributed by atoms with E-state index < -0.39 is 5.97 Å².